The Kier molecular flexibility index (Phi) is 10.6. The van der Waals surface area contributed by atoms with Crippen molar-refractivity contribution in [1.82, 2.24) is 4.48 Å². The van der Waals surface area contributed by atoms with Gasteiger partial charge in [-0.05, 0) is 40.0 Å². The van der Waals surface area contributed by atoms with E-state index in [1.54, 1.807) is 5.56 Å². The van der Waals surface area contributed by atoms with Gasteiger partial charge in [-0.1, -0.05) is 132 Å². The van der Waals surface area contributed by atoms with Crippen molar-refractivity contribution in [3.8, 4) is 0 Å². The molecule has 0 aliphatic carbocycles. The molecule has 0 N–H and O–H groups in total. The molecule has 0 saturated heterocycles. The number of hydrogen-bond acceptors (Lipinski definition) is 0. The largest absolute Gasteiger partial charge is 0.193 e. The van der Waals surface area contributed by atoms with Gasteiger partial charge in [0.2, 0.25) is 0 Å². The molecule has 4 aromatic rings. The number of para-hydroxylation sites is 4. The van der Waals surface area contributed by atoms with Crippen molar-refractivity contribution < 1.29 is 0 Å². The Balaban J connectivity index is 2.23. The first-order chi connectivity index (χ1) is 20.0. The van der Waals surface area contributed by atoms with Crippen LogP contribution in [0.1, 0.15) is 101 Å². The van der Waals surface area contributed by atoms with E-state index in [0.717, 1.165) is 0 Å². The van der Waals surface area contributed by atoms with E-state index in [-0.39, 0.29) is 5.41 Å². The molecule has 216 valence electrons. The van der Waals surface area contributed by atoms with E-state index >= 15 is 0 Å². The molecule has 0 radical (unpaired) electrons. The Hall–Kier alpha value is -3.16. The summed E-state index contributed by atoms with van der Waals surface area (Å²) in [6.07, 6.45) is 11.2. The summed E-state index contributed by atoms with van der Waals surface area (Å²) >= 11 is 0. The number of nitrogens with zero attached hydrogens (tertiary/aromatic N) is 1. The van der Waals surface area contributed by atoms with E-state index in [1.807, 2.05) is 0 Å². The average molecular weight is 547 g/mol. The smallest absolute Gasteiger partial charge is 0.151 e. The van der Waals surface area contributed by atoms with E-state index in [2.05, 4.69) is 139 Å². The Morgan fingerprint density at radius 3 is 1.10 bits per heavy atom. The van der Waals surface area contributed by atoms with Crippen LogP contribution in [0.3, 0.4) is 0 Å². The van der Waals surface area contributed by atoms with Crippen LogP contribution < -0.4 is 4.48 Å². The van der Waals surface area contributed by atoms with Gasteiger partial charge in [-0.25, -0.2) is 0 Å². The number of rotatable bonds is 14. The summed E-state index contributed by atoms with van der Waals surface area (Å²) < 4.78 is 0.605. The Morgan fingerprint density at radius 1 is 0.439 bits per heavy atom. The fourth-order valence-electron chi connectivity index (χ4n) is 7.14. The van der Waals surface area contributed by atoms with E-state index in [4.69, 9.17) is 0 Å². The third-order valence-electron chi connectivity index (χ3n) is 9.29. The standard InChI is InChI=1S/C40H52N/c1-7-10-29-40(30-11-8-2,31-12-9-3)35-24-16-20-28-39(35)41(36-25-17-13-21-32(36)4,37-26-18-14-22-33(37)5)38-27-19-15-23-34(38)6/h13-28H,7-12,29-31H2,1-6H3/q+1. The lowest BCUT2D eigenvalue weighted by molar-refractivity contribution is 0.307. The Morgan fingerprint density at radius 2 is 0.756 bits per heavy atom. The summed E-state index contributed by atoms with van der Waals surface area (Å²) in [5.41, 5.74) is 11.0. The van der Waals surface area contributed by atoms with Crippen LogP contribution in [0.25, 0.3) is 0 Å². The second-order valence-corrected chi connectivity index (χ2v) is 12.1. The highest BCUT2D eigenvalue weighted by Crippen LogP contribution is 2.58. The maximum absolute atomic E-state index is 2.50. The number of quaternary nitrogens is 1. The number of benzene rings is 4. The van der Waals surface area contributed by atoms with E-state index in [0.29, 0.717) is 4.48 Å². The van der Waals surface area contributed by atoms with Gasteiger partial charge in [-0.2, -0.15) is 4.48 Å². The minimum atomic E-state index is 0.149. The highest BCUT2D eigenvalue weighted by molar-refractivity contribution is 5.87. The molecule has 0 bridgehead atoms. The fraction of sp³-hybridized carbons (Fsp3) is 0.400. The normalized spacial score (nSPS) is 12.0. The maximum Gasteiger partial charge on any atom is 0.151 e. The highest BCUT2D eigenvalue weighted by Gasteiger charge is 2.47. The van der Waals surface area contributed by atoms with Crippen molar-refractivity contribution in [3.63, 3.8) is 0 Å². The molecule has 1 heteroatoms. The zero-order valence-electron chi connectivity index (χ0n) is 26.5. The summed E-state index contributed by atoms with van der Waals surface area (Å²) in [4.78, 5) is 0. The lowest BCUT2D eigenvalue weighted by Gasteiger charge is -2.44. The highest BCUT2D eigenvalue weighted by atomic mass is 15.4. The van der Waals surface area contributed by atoms with Gasteiger partial charge < -0.3 is 0 Å². The molecule has 0 spiro atoms. The maximum atomic E-state index is 2.50. The molecule has 0 aliphatic heterocycles. The van der Waals surface area contributed by atoms with Gasteiger partial charge in [-0.3, -0.25) is 0 Å². The van der Waals surface area contributed by atoms with Crippen LogP contribution in [0.15, 0.2) is 97.1 Å². The van der Waals surface area contributed by atoms with Crippen LogP contribution in [-0.2, 0) is 5.41 Å². The molecule has 0 unspecified atom stereocenters. The molecule has 0 atom stereocenters. The average Bonchev–Trinajstić information content (AvgIpc) is 3.00. The molecule has 0 aromatic heterocycles. The topological polar surface area (TPSA) is 0 Å². The van der Waals surface area contributed by atoms with Crippen LogP contribution in [0.5, 0.6) is 0 Å². The van der Waals surface area contributed by atoms with Crippen molar-refractivity contribution in [2.75, 3.05) is 0 Å². The van der Waals surface area contributed by atoms with Crippen LogP contribution in [0.2, 0.25) is 0 Å². The number of aryl methyl sites for hydroxylation is 3. The summed E-state index contributed by atoms with van der Waals surface area (Å²) in [6, 6.07) is 36.8. The molecule has 4 rings (SSSR count). The zero-order chi connectivity index (χ0) is 29.3. The van der Waals surface area contributed by atoms with Crippen molar-refractivity contribution in [1.29, 1.82) is 0 Å². The molecule has 0 heterocycles. The van der Waals surface area contributed by atoms with E-state index in [1.165, 1.54) is 97.2 Å². The molecule has 4 aromatic carbocycles. The van der Waals surface area contributed by atoms with Gasteiger partial charge in [0, 0.05) is 51.9 Å². The molecule has 1 nitrogen and oxygen atoms in total. The predicted octanol–water partition coefficient (Wildman–Crippen LogP) is 12.7. The first-order valence-electron chi connectivity index (χ1n) is 16.1. The monoisotopic (exact) mass is 546 g/mol. The zero-order valence-corrected chi connectivity index (χ0v) is 26.5. The molecular weight excluding hydrogens is 494 g/mol. The Bertz CT molecular complexity index is 1260. The quantitative estimate of drug-likeness (QED) is 0.138. The van der Waals surface area contributed by atoms with E-state index < -0.39 is 0 Å². The van der Waals surface area contributed by atoms with Crippen molar-refractivity contribution >= 4 is 22.7 Å². The van der Waals surface area contributed by atoms with Crippen LogP contribution in [0.4, 0.5) is 22.7 Å². The SMILES string of the molecule is CCCCC(CCCC)(CCCC)c1ccccc1[N+](c1ccccc1C)(c1ccccc1C)c1ccccc1C. The molecule has 0 fully saturated rings. The molecule has 0 amide bonds. The predicted molar refractivity (Wildman–Crippen MR) is 181 cm³/mol. The van der Waals surface area contributed by atoms with Gasteiger partial charge in [0.1, 0.15) is 0 Å². The second kappa shape index (κ2) is 14.1. The van der Waals surface area contributed by atoms with Crippen molar-refractivity contribution in [2.24, 2.45) is 0 Å². The van der Waals surface area contributed by atoms with Gasteiger partial charge in [0.05, 0.1) is 0 Å². The van der Waals surface area contributed by atoms with Gasteiger partial charge >= 0.3 is 0 Å². The number of unbranched alkanes of at least 4 members (excludes halogenated alkanes) is 3. The molecule has 0 aliphatic rings. The molecule has 0 saturated carbocycles. The summed E-state index contributed by atoms with van der Waals surface area (Å²) in [6.45, 7) is 13.9. The van der Waals surface area contributed by atoms with Gasteiger partial charge in [-0.15, -0.1) is 0 Å². The van der Waals surface area contributed by atoms with E-state index in [9.17, 15) is 0 Å². The third kappa shape index (κ3) is 6.07. The van der Waals surface area contributed by atoms with Crippen LogP contribution >= 0.6 is 0 Å². The molecule has 41 heavy (non-hydrogen) atoms. The first-order valence-corrected chi connectivity index (χ1v) is 16.1. The van der Waals surface area contributed by atoms with Crippen LogP contribution in [0, 0.1) is 20.8 Å². The number of hydrogen-bond donors (Lipinski definition) is 0. The van der Waals surface area contributed by atoms with Gasteiger partial charge in [0.25, 0.3) is 0 Å². The van der Waals surface area contributed by atoms with Crippen LogP contribution in [-0.4, -0.2) is 0 Å². The lowest BCUT2D eigenvalue weighted by Crippen LogP contribution is -2.39. The van der Waals surface area contributed by atoms with Gasteiger partial charge in [0.15, 0.2) is 22.7 Å². The third-order valence-corrected chi connectivity index (χ3v) is 9.29. The lowest BCUT2D eigenvalue weighted by atomic mass is 9.68. The first kappa shape index (κ1) is 30.8. The van der Waals surface area contributed by atoms with Crippen molar-refractivity contribution in [2.45, 2.75) is 105 Å². The second-order valence-electron chi connectivity index (χ2n) is 12.1. The minimum absolute atomic E-state index is 0.149. The summed E-state index contributed by atoms with van der Waals surface area (Å²) in [5.74, 6) is 0. The van der Waals surface area contributed by atoms with Crippen molar-refractivity contribution in [3.05, 3.63) is 119 Å². The minimum Gasteiger partial charge on any atom is -0.193 e. The fourth-order valence-corrected chi connectivity index (χ4v) is 7.14. The summed E-state index contributed by atoms with van der Waals surface area (Å²) in [5, 5.41) is 0. The summed E-state index contributed by atoms with van der Waals surface area (Å²) in [7, 11) is 0. The molecular formula is C40H52N+. The Labute approximate surface area is 250 Å².